The van der Waals surface area contributed by atoms with E-state index in [1.54, 1.807) is 84.9 Å². The molecule has 2 fully saturated rings. The van der Waals surface area contributed by atoms with Crippen LogP contribution in [0.15, 0.2) is 115 Å². The molecular weight excluding hydrogens is 697 g/mol. The molecule has 0 saturated carbocycles. The number of amides is 4. The second-order valence-electron chi connectivity index (χ2n) is 13.8. The summed E-state index contributed by atoms with van der Waals surface area (Å²) in [5.74, 6) is -2.77. The van der Waals surface area contributed by atoms with Crippen molar-refractivity contribution < 1.29 is 28.8 Å². The molecule has 55 heavy (non-hydrogen) atoms. The molecule has 7 rings (SSSR count). The number of nitrogens with one attached hydrogen (secondary N) is 3. The first-order valence-electron chi connectivity index (χ1n) is 18.4. The maximum atomic E-state index is 13.0. The molecular formula is C43H40N6O6. The van der Waals surface area contributed by atoms with E-state index in [2.05, 4.69) is 20.8 Å². The van der Waals surface area contributed by atoms with Gasteiger partial charge in [0.05, 0.1) is 11.4 Å². The van der Waals surface area contributed by atoms with Crippen LogP contribution in [0.1, 0.15) is 59.2 Å². The molecule has 0 aliphatic carbocycles. The Bertz CT molecular complexity index is 2050. The molecule has 3 heterocycles. The van der Waals surface area contributed by atoms with Crippen LogP contribution in [0.25, 0.3) is 22.5 Å². The fourth-order valence-electron chi connectivity index (χ4n) is 7.24. The maximum Gasteiger partial charge on any atom is 0.295 e. The molecule has 5 aromatic rings. The van der Waals surface area contributed by atoms with Crippen molar-refractivity contribution >= 4 is 46.6 Å². The topological polar surface area (TPSA) is 162 Å². The highest BCUT2D eigenvalue weighted by Gasteiger charge is 2.35. The van der Waals surface area contributed by atoms with Gasteiger partial charge in [0.1, 0.15) is 0 Å². The number of hydrogen-bond donors (Lipinski definition) is 3. The summed E-state index contributed by atoms with van der Waals surface area (Å²) in [7, 11) is 0. The minimum Gasteiger partial charge on any atom is -0.332 e. The molecule has 278 valence electrons. The smallest absolute Gasteiger partial charge is 0.295 e. The Kier molecular flexibility index (Phi) is 11.0. The van der Waals surface area contributed by atoms with Crippen molar-refractivity contribution in [1.82, 2.24) is 20.0 Å². The summed E-state index contributed by atoms with van der Waals surface area (Å²) in [5.41, 5.74) is 5.06. The minimum atomic E-state index is -0.580. The lowest BCUT2D eigenvalue weighted by Crippen LogP contribution is -2.41. The van der Waals surface area contributed by atoms with E-state index in [9.17, 15) is 28.8 Å². The number of anilines is 2. The summed E-state index contributed by atoms with van der Waals surface area (Å²) < 4.78 is 0. The number of Topliss-reactive ketones (excluding diaryl/α,β-unsaturated/α-hetero) is 2. The number of benzene rings is 4. The van der Waals surface area contributed by atoms with Crippen LogP contribution in [-0.4, -0.2) is 80.4 Å². The zero-order valence-electron chi connectivity index (χ0n) is 30.1. The molecule has 2 aliphatic rings. The second kappa shape index (κ2) is 16.5. The molecule has 0 bridgehead atoms. The van der Waals surface area contributed by atoms with Crippen molar-refractivity contribution in [3.63, 3.8) is 0 Å². The molecule has 0 unspecified atom stereocenters. The van der Waals surface area contributed by atoms with Gasteiger partial charge in [0, 0.05) is 66.1 Å². The first-order valence-corrected chi connectivity index (χ1v) is 18.4. The standard InChI is InChI=1S/C43H40N6O6/c50-38(25-34-13-7-23-48(34)42(54)40(52)30-9-3-1-4-10-30)44-32-19-15-28(16-20-32)36-27-37(47-46-36)29-17-21-33(22-18-29)45-39(51)26-35-14-8-24-49(35)43(55)41(53)31-11-5-2-6-12-31/h1-6,9-12,15-22,27,34-35H,7-8,13-14,23-26H2,(H,44,50)(H,45,51)(H,46,47)/t34-,35-/m0/s1. The highest BCUT2D eigenvalue weighted by molar-refractivity contribution is 6.43. The first-order chi connectivity index (χ1) is 26.7. The predicted octanol–water partition coefficient (Wildman–Crippen LogP) is 6.15. The van der Waals surface area contributed by atoms with Crippen molar-refractivity contribution in [2.75, 3.05) is 23.7 Å². The van der Waals surface area contributed by atoms with E-state index in [0.29, 0.717) is 54.1 Å². The van der Waals surface area contributed by atoms with Gasteiger partial charge in [-0.05, 0) is 61.6 Å². The third-order valence-corrected chi connectivity index (χ3v) is 10.1. The van der Waals surface area contributed by atoms with Gasteiger partial charge in [-0.1, -0.05) is 84.9 Å². The Morgan fingerprint density at radius 2 is 1.02 bits per heavy atom. The number of aromatic amines is 1. The lowest BCUT2D eigenvalue weighted by atomic mass is 10.1. The number of ketones is 2. The quantitative estimate of drug-likeness (QED) is 0.102. The summed E-state index contributed by atoms with van der Waals surface area (Å²) in [6.45, 7) is 0.891. The molecule has 2 atom stereocenters. The molecule has 12 nitrogen and oxygen atoms in total. The van der Waals surface area contributed by atoms with Crippen molar-refractivity contribution in [3.05, 3.63) is 126 Å². The monoisotopic (exact) mass is 736 g/mol. The highest BCUT2D eigenvalue weighted by atomic mass is 16.2. The predicted molar refractivity (Wildman–Crippen MR) is 207 cm³/mol. The van der Waals surface area contributed by atoms with Gasteiger partial charge in [-0.3, -0.25) is 33.9 Å². The van der Waals surface area contributed by atoms with Crippen LogP contribution < -0.4 is 10.6 Å². The molecule has 0 radical (unpaired) electrons. The number of hydrogen-bond acceptors (Lipinski definition) is 7. The molecule has 2 aliphatic heterocycles. The molecule has 12 heteroatoms. The summed E-state index contributed by atoms with van der Waals surface area (Å²) >= 11 is 0. The normalized spacial score (nSPS) is 16.4. The van der Waals surface area contributed by atoms with Gasteiger partial charge in [-0.15, -0.1) is 0 Å². The summed E-state index contributed by atoms with van der Waals surface area (Å²) in [5, 5.41) is 13.3. The van der Waals surface area contributed by atoms with Crippen LogP contribution >= 0.6 is 0 Å². The zero-order valence-corrected chi connectivity index (χ0v) is 30.1. The number of likely N-dealkylation sites (tertiary alicyclic amines) is 2. The van der Waals surface area contributed by atoms with Gasteiger partial charge < -0.3 is 20.4 Å². The summed E-state index contributed by atoms with van der Waals surface area (Å²) in [4.78, 5) is 80.3. The van der Waals surface area contributed by atoms with E-state index < -0.39 is 23.4 Å². The number of H-pyrrole nitrogens is 1. The van der Waals surface area contributed by atoms with Gasteiger partial charge >= 0.3 is 0 Å². The Hall–Kier alpha value is -6.69. The molecule has 4 amide bonds. The van der Waals surface area contributed by atoms with Crippen molar-refractivity contribution in [2.45, 2.75) is 50.6 Å². The van der Waals surface area contributed by atoms with E-state index in [-0.39, 0.29) is 36.7 Å². The van der Waals surface area contributed by atoms with Gasteiger partial charge in [0.15, 0.2) is 0 Å². The lowest BCUT2D eigenvalue weighted by molar-refractivity contribution is -0.129. The minimum absolute atomic E-state index is 0.0955. The second-order valence-corrected chi connectivity index (χ2v) is 13.8. The molecule has 3 N–H and O–H groups in total. The number of carbonyl (C=O) groups excluding carboxylic acids is 6. The SMILES string of the molecule is O=C(C[C@@H]1CCCN1C(=O)C(=O)c1ccccc1)Nc1ccc(-c2cc(-c3ccc(NC(=O)C[C@@H]4CCCN4C(=O)C(=O)c4ccccc4)cc3)[nH]n2)cc1. The van der Waals surface area contributed by atoms with E-state index in [4.69, 9.17) is 0 Å². The summed E-state index contributed by atoms with van der Waals surface area (Å²) in [6.07, 6.45) is 2.97. The highest BCUT2D eigenvalue weighted by Crippen LogP contribution is 2.28. The van der Waals surface area contributed by atoms with Crippen molar-refractivity contribution in [2.24, 2.45) is 0 Å². The number of aromatic nitrogens is 2. The average Bonchev–Trinajstić information content (AvgIpc) is 4.00. The zero-order chi connectivity index (χ0) is 38.3. The Balaban J connectivity index is 0.897. The molecule has 4 aromatic carbocycles. The van der Waals surface area contributed by atoms with Crippen molar-refractivity contribution in [3.8, 4) is 22.5 Å². The van der Waals surface area contributed by atoms with Crippen LogP contribution in [0.2, 0.25) is 0 Å². The fourth-order valence-corrected chi connectivity index (χ4v) is 7.24. The van der Waals surface area contributed by atoms with Gasteiger partial charge in [-0.2, -0.15) is 5.10 Å². The molecule has 2 saturated heterocycles. The average molecular weight is 737 g/mol. The van der Waals surface area contributed by atoms with E-state index in [1.807, 2.05) is 30.3 Å². The third kappa shape index (κ3) is 8.59. The Labute approximate surface area is 317 Å². The number of nitrogens with zero attached hydrogens (tertiary/aromatic N) is 3. The van der Waals surface area contributed by atoms with E-state index >= 15 is 0 Å². The lowest BCUT2D eigenvalue weighted by Gasteiger charge is -2.23. The van der Waals surface area contributed by atoms with Gasteiger partial charge in [-0.25, -0.2) is 0 Å². The first kappa shape index (κ1) is 36.7. The molecule has 1 aromatic heterocycles. The van der Waals surface area contributed by atoms with Crippen LogP contribution in [0.3, 0.4) is 0 Å². The fraction of sp³-hybridized carbons (Fsp3) is 0.233. The van der Waals surface area contributed by atoms with E-state index in [0.717, 1.165) is 29.7 Å². The largest absolute Gasteiger partial charge is 0.332 e. The van der Waals surface area contributed by atoms with Gasteiger partial charge in [0.2, 0.25) is 23.4 Å². The number of carbonyl (C=O) groups is 6. The maximum absolute atomic E-state index is 13.0. The summed E-state index contributed by atoms with van der Waals surface area (Å²) in [6, 6.07) is 32.7. The van der Waals surface area contributed by atoms with Crippen LogP contribution in [0, 0.1) is 0 Å². The molecule has 0 spiro atoms. The number of rotatable bonds is 12. The van der Waals surface area contributed by atoms with Crippen LogP contribution in [-0.2, 0) is 19.2 Å². The third-order valence-electron chi connectivity index (χ3n) is 10.1. The Morgan fingerprint density at radius 1 is 0.582 bits per heavy atom. The van der Waals surface area contributed by atoms with Crippen LogP contribution in [0.5, 0.6) is 0 Å². The van der Waals surface area contributed by atoms with Crippen LogP contribution in [0.4, 0.5) is 11.4 Å². The van der Waals surface area contributed by atoms with Crippen molar-refractivity contribution in [1.29, 1.82) is 0 Å². The van der Waals surface area contributed by atoms with Gasteiger partial charge in [0.25, 0.3) is 11.8 Å². The Morgan fingerprint density at radius 3 is 1.47 bits per heavy atom. The van der Waals surface area contributed by atoms with E-state index in [1.165, 1.54) is 9.80 Å².